The lowest BCUT2D eigenvalue weighted by Gasteiger charge is -2.28. The van der Waals surface area contributed by atoms with E-state index < -0.39 is 0 Å². The monoisotopic (exact) mass is 413 g/mol. The van der Waals surface area contributed by atoms with Gasteiger partial charge in [-0.2, -0.15) is 0 Å². The number of hydrogen-bond donors (Lipinski definition) is 3. The Morgan fingerprint density at radius 2 is 1.90 bits per heavy atom. The molecule has 2 aromatic rings. The third-order valence-corrected chi connectivity index (χ3v) is 6.19. The Kier molecular flexibility index (Phi) is 6.77. The first kappa shape index (κ1) is 21.2. The van der Waals surface area contributed by atoms with Gasteiger partial charge in [0.2, 0.25) is 0 Å². The summed E-state index contributed by atoms with van der Waals surface area (Å²) in [5, 5.41) is 3.56. The van der Waals surface area contributed by atoms with Crippen molar-refractivity contribution in [1.29, 1.82) is 0 Å². The molecule has 3 atom stereocenters. The number of nitrogens with two attached hydrogens (primary N) is 1. The molecule has 160 valence electrons. The fourth-order valence-corrected chi connectivity index (χ4v) is 4.39. The quantitative estimate of drug-likeness (QED) is 0.456. The number of likely N-dealkylation sites (tertiary alicyclic amines) is 1. The summed E-state index contributed by atoms with van der Waals surface area (Å²) in [6.45, 7) is 11.8. The lowest BCUT2D eigenvalue weighted by atomic mass is 9.84. The summed E-state index contributed by atoms with van der Waals surface area (Å²) in [6, 6.07) is 14.6. The topological polar surface area (TPSA) is 66.2 Å². The van der Waals surface area contributed by atoms with Gasteiger partial charge in [0, 0.05) is 54.8 Å². The summed E-state index contributed by atoms with van der Waals surface area (Å²) in [7, 11) is 0. The molecule has 0 radical (unpaired) electrons. The Morgan fingerprint density at radius 3 is 2.65 bits per heavy atom. The molecule has 1 aromatic carbocycles. The zero-order chi connectivity index (χ0) is 21.6. The SMILES string of the molecule is C=C(NC1=CC(C(=C)c2ccncc2)C(NN)C=C1)C1CCN(Cc2ccccc2)C1. The summed E-state index contributed by atoms with van der Waals surface area (Å²) >= 11 is 0. The fraction of sp³-hybridized carbons (Fsp3) is 0.269. The highest BCUT2D eigenvalue weighted by Crippen LogP contribution is 2.30. The van der Waals surface area contributed by atoms with Crippen molar-refractivity contribution in [2.75, 3.05) is 13.1 Å². The van der Waals surface area contributed by atoms with Crippen LogP contribution in [0.3, 0.4) is 0 Å². The van der Waals surface area contributed by atoms with E-state index in [1.165, 1.54) is 5.56 Å². The molecule has 3 unspecified atom stereocenters. The molecule has 2 heterocycles. The fourth-order valence-electron chi connectivity index (χ4n) is 4.39. The number of aromatic nitrogens is 1. The van der Waals surface area contributed by atoms with E-state index in [2.05, 4.69) is 82.3 Å². The van der Waals surface area contributed by atoms with Crippen LogP contribution in [-0.4, -0.2) is 29.0 Å². The Hall–Kier alpha value is -2.99. The largest absolute Gasteiger partial charge is 0.359 e. The average molecular weight is 414 g/mol. The molecule has 1 aromatic heterocycles. The van der Waals surface area contributed by atoms with Crippen molar-refractivity contribution in [3.05, 3.63) is 109 Å². The van der Waals surface area contributed by atoms with Crippen LogP contribution in [-0.2, 0) is 6.54 Å². The van der Waals surface area contributed by atoms with Crippen LogP contribution >= 0.6 is 0 Å². The highest BCUT2D eigenvalue weighted by atomic mass is 15.2. The molecule has 0 amide bonds. The standard InChI is InChI=1S/C26H31N5/c1-19(22-10-13-28-14-11-22)25-16-24(8-9-26(25)30-27)29-20(2)23-12-15-31(18-23)17-21-6-4-3-5-7-21/h3-11,13-14,16,23,25-26,29-30H,1-2,12,15,17-18,27H2. The van der Waals surface area contributed by atoms with E-state index in [9.17, 15) is 0 Å². The smallest absolute Gasteiger partial charge is 0.0498 e. The van der Waals surface area contributed by atoms with Gasteiger partial charge in [-0.05, 0) is 47.9 Å². The summed E-state index contributed by atoms with van der Waals surface area (Å²) in [5.74, 6) is 6.29. The van der Waals surface area contributed by atoms with Gasteiger partial charge in [0.1, 0.15) is 0 Å². The van der Waals surface area contributed by atoms with Crippen LogP contribution in [0, 0.1) is 11.8 Å². The van der Waals surface area contributed by atoms with E-state index in [1.807, 2.05) is 12.1 Å². The van der Waals surface area contributed by atoms with E-state index in [-0.39, 0.29) is 12.0 Å². The van der Waals surface area contributed by atoms with Crippen molar-refractivity contribution in [3.8, 4) is 0 Å². The summed E-state index contributed by atoms with van der Waals surface area (Å²) < 4.78 is 0. The average Bonchev–Trinajstić information content (AvgIpc) is 3.28. The minimum atomic E-state index is -0.00711. The summed E-state index contributed by atoms with van der Waals surface area (Å²) in [4.78, 5) is 6.60. The van der Waals surface area contributed by atoms with Gasteiger partial charge in [0.05, 0.1) is 0 Å². The van der Waals surface area contributed by atoms with E-state index in [0.29, 0.717) is 5.92 Å². The third-order valence-electron chi connectivity index (χ3n) is 6.19. The number of hydrogen-bond acceptors (Lipinski definition) is 5. The molecule has 0 spiro atoms. The number of nitrogens with one attached hydrogen (secondary N) is 2. The van der Waals surface area contributed by atoms with Gasteiger partial charge in [0.25, 0.3) is 0 Å². The van der Waals surface area contributed by atoms with Crippen molar-refractivity contribution in [1.82, 2.24) is 20.6 Å². The van der Waals surface area contributed by atoms with Crippen LogP contribution in [0.2, 0.25) is 0 Å². The van der Waals surface area contributed by atoms with Gasteiger partial charge < -0.3 is 5.32 Å². The molecule has 1 fully saturated rings. The number of allylic oxidation sites excluding steroid dienone is 1. The minimum Gasteiger partial charge on any atom is -0.359 e. The van der Waals surface area contributed by atoms with Crippen LogP contribution in [0.15, 0.2) is 97.6 Å². The van der Waals surface area contributed by atoms with Crippen LogP contribution in [0.1, 0.15) is 17.5 Å². The van der Waals surface area contributed by atoms with Crippen LogP contribution < -0.4 is 16.6 Å². The molecule has 1 aliphatic heterocycles. The first-order valence-electron chi connectivity index (χ1n) is 10.8. The van der Waals surface area contributed by atoms with Gasteiger partial charge in [-0.1, -0.05) is 55.6 Å². The van der Waals surface area contributed by atoms with Crippen molar-refractivity contribution in [2.24, 2.45) is 17.7 Å². The van der Waals surface area contributed by atoms with Gasteiger partial charge in [0.15, 0.2) is 0 Å². The van der Waals surface area contributed by atoms with Crippen molar-refractivity contribution >= 4 is 5.57 Å². The zero-order valence-electron chi connectivity index (χ0n) is 17.9. The minimum absolute atomic E-state index is 0.00711. The number of benzene rings is 1. The van der Waals surface area contributed by atoms with E-state index >= 15 is 0 Å². The van der Waals surface area contributed by atoms with E-state index in [0.717, 1.165) is 48.6 Å². The highest BCUT2D eigenvalue weighted by Gasteiger charge is 2.27. The van der Waals surface area contributed by atoms with Gasteiger partial charge in [-0.25, -0.2) is 0 Å². The Morgan fingerprint density at radius 1 is 1.13 bits per heavy atom. The number of pyridine rings is 1. The zero-order valence-corrected chi connectivity index (χ0v) is 17.9. The molecule has 0 saturated carbocycles. The second kappa shape index (κ2) is 9.88. The van der Waals surface area contributed by atoms with Gasteiger partial charge >= 0.3 is 0 Å². The molecule has 1 aliphatic carbocycles. The molecule has 5 nitrogen and oxygen atoms in total. The second-order valence-corrected chi connectivity index (χ2v) is 8.32. The Bertz CT molecular complexity index is 964. The summed E-state index contributed by atoms with van der Waals surface area (Å²) in [5.41, 5.74) is 8.44. The first-order valence-corrected chi connectivity index (χ1v) is 10.8. The molecule has 4 N–H and O–H groups in total. The van der Waals surface area contributed by atoms with Crippen molar-refractivity contribution in [2.45, 2.75) is 19.0 Å². The van der Waals surface area contributed by atoms with E-state index in [4.69, 9.17) is 5.84 Å². The molecule has 4 rings (SSSR count). The number of rotatable bonds is 8. The normalized spacial score (nSPS) is 23.4. The van der Waals surface area contributed by atoms with E-state index in [1.54, 1.807) is 12.4 Å². The van der Waals surface area contributed by atoms with Crippen molar-refractivity contribution in [3.63, 3.8) is 0 Å². The maximum atomic E-state index is 5.81. The predicted octanol–water partition coefficient (Wildman–Crippen LogP) is 3.62. The van der Waals surface area contributed by atoms with Crippen LogP contribution in [0.25, 0.3) is 5.57 Å². The Balaban J connectivity index is 1.39. The lowest BCUT2D eigenvalue weighted by molar-refractivity contribution is 0.321. The molecule has 5 heteroatoms. The molecule has 2 aliphatic rings. The molecule has 0 bridgehead atoms. The maximum Gasteiger partial charge on any atom is 0.0498 e. The van der Waals surface area contributed by atoms with Crippen LogP contribution in [0.4, 0.5) is 0 Å². The second-order valence-electron chi connectivity index (χ2n) is 8.32. The van der Waals surface area contributed by atoms with Crippen LogP contribution in [0.5, 0.6) is 0 Å². The number of hydrazine groups is 1. The highest BCUT2D eigenvalue weighted by molar-refractivity contribution is 5.68. The molecule has 1 saturated heterocycles. The third kappa shape index (κ3) is 5.20. The Labute approximate surface area is 185 Å². The summed E-state index contributed by atoms with van der Waals surface area (Å²) in [6.07, 6.45) is 11.0. The first-order chi connectivity index (χ1) is 15.1. The molecular formula is C26H31N5. The molecular weight excluding hydrogens is 382 g/mol. The number of nitrogens with zero attached hydrogens (tertiary/aromatic N) is 2. The predicted molar refractivity (Wildman–Crippen MR) is 127 cm³/mol. The van der Waals surface area contributed by atoms with Gasteiger partial charge in [-0.3, -0.25) is 21.2 Å². The van der Waals surface area contributed by atoms with Gasteiger partial charge in [-0.15, -0.1) is 0 Å². The lowest BCUT2D eigenvalue weighted by Crippen LogP contribution is -2.41. The molecule has 31 heavy (non-hydrogen) atoms. The van der Waals surface area contributed by atoms with Crippen molar-refractivity contribution < 1.29 is 0 Å². The maximum absolute atomic E-state index is 5.81.